The number of halogens is 2. The topological polar surface area (TPSA) is 49.4 Å². The first-order valence-corrected chi connectivity index (χ1v) is 11.9. The number of carbonyl (C=O) groups excluding carboxylic acids is 2. The van der Waals surface area contributed by atoms with Crippen LogP contribution in [0, 0.1) is 0 Å². The van der Waals surface area contributed by atoms with Gasteiger partial charge in [-0.1, -0.05) is 68.7 Å². The van der Waals surface area contributed by atoms with E-state index < -0.39 is 6.04 Å². The van der Waals surface area contributed by atoms with Crippen molar-refractivity contribution in [2.45, 2.75) is 88.8 Å². The summed E-state index contributed by atoms with van der Waals surface area (Å²) in [6, 6.07) is 6.85. The van der Waals surface area contributed by atoms with Crippen LogP contribution in [0.3, 0.4) is 0 Å². The van der Waals surface area contributed by atoms with Crippen molar-refractivity contribution in [2.75, 3.05) is 5.88 Å². The van der Waals surface area contributed by atoms with E-state index in [4.69, 9.17) is 23.2 Å². The third-order valence-corrected chi connectivity index (χ3v) is 6.76. The number of rotatable bonds is 6. The molecule has 2 aliphatic rings. The fourth-order valence-corrected chi connectivity index (χ4v) is 5.04. The second-order valence-corrected chi connectivity index (χ2v) is 9.08. The molecule has 0 heterocycles. The molecule has 2 amide bonds. The fraction of sp³-hybridized carbons (Fsp3) is 0.652. The number of nitrogens with zero attached hydrogens (tertiary/aromatic N) is 1. The van der Waals surface area contributed by atoms with Crippen molar-refractivity contribution in [2.24, 2.45) is 0 Å². The van der Waals surface area contributed by atoms with E-state index in [-0.39, 0.29) is 29.8 Å². The maximum atomic E-state index is 13.5. The molecule has 0 spiro atoms. The standard InChI is InChI=1S/C23H32Cl2N2O2/c24-16-21(28)27(20-10-6-3-7-11-20)22(17-12-14-18(25)15-13-17)23(29)26-19-8-4-1-2-5-9-19/h12-15,19-20,22H,1-11,16H2,(H,26,29)/t22-/m1/s1. The predicted molar refractivity (Wildman–Crippen MR) is 118 cm³/mol. The number of hydrogen-bond acceptors (Lipinski definition) is 2. The minimum Gasteiger partial charge on any atom is -0.351 e. The van der Waals surface area contributed by atoms with Gasteiger partial charge >= 0.3 is 0 Å². The summed E-state index contributed by atoms with van der Waals surface area (Å²) in [5, 5.41) is 3.88. The van der Waals surface area contributed by atoms with Crippen LogP contribution >= 0.6 is 23.2 Å². The summed E-state index contributed by atoms with van der Waals surface area (Å²) in [5.74, 6) is -0.380. The van der Waals surface area contributed by atoms with Gasteiger partial charge in [-0.15, -0.1) is 11.6 Å². The van der Waals surface area contributed by atoms with E-state index in [1.54, 1.807) is 17.0 Å². The molecular weight excluding hydrogens is 407 g/mol. The molecule has 2 fully saturated rings. The van der Waals surface area contributed by atoms with Gasteiger partial charge in [-0.05, 0) is 43.4 Å². The highest BCUT2D eigenvalue weighted by Gasteiger charge is 2.37. The number of nitrogens with one attached hydrogen (secondary N) is 1. The summed E-state index contributed by atoms with van der Waals surface area (Å²) in [6.07, 6.45) is 11.9. The molecule has 1 aromatic carbocycles. The van der Waals surface area contributed by atoms with Crippen LogP contribution in [-0.2, 0) is 9.59 Å². The molecule has 2 aliphatic carbocycles. The summed E-state index contributed by atoms with van der Waals surface area (Å²) in [7, 11) is 0. The molecule has 2 saturated carbocycles. The van der Waals surface area contributed by atoms with Crippen LogP contribution in [0.4, 0.5) is 0 Å². The summed E-state index contributed by atoms with van der Waals surface area (Å²) < 4.78 is 0. The van der Waals surface area contributed by atoms with E-state index in [0.29, 0.717) is 5.02 Å². The fourth-order valence-electron chi connectivity index (χ4n) is 4.77. The Kier molecular flexibility index (Phi) is 8.68. The minimum atomic E-state index is -0.662. The molecule has 1 N–H and O–H groups in total. The molecule has 1 atom stereocenters. The van der Waals surface area contributed by atoms with Gasteiger partial charge < -0.3 is 10.2 Å². The number of carbonyl (C=O) groups is 2. The first-order valence-electron chi connectivity index (χ1n) is 11.0. The Morgan fingerprint density at radius 2 is 1.48 bits per heavy atom. The van der Waals surface area contributed by atoms with Gasteiger partial charge in [0.05, 0.1) is 0 Å². The number of hydrogen-bond donors (Lipinski definition) is 1. The normalized spacial score (nSPS) is 19.9. The molecule has 4 nitrogen and oxygen atoms in total. The average Bonchev–Trinajstić information content (AvgIpc) is 3.01. The molecule has 0 bridgehead atoms. The van der Waals surface area contributed by atoms with Crippen LogP contribution in [0.15, 0.2) is 24.3 Å². The van der Waals surface area contributed by atoms with Gasteiger partial charge in [0.25, 0.3) is 0 Å². The van der Waals surface area contributed by atoms with Gasteiger partial charge in [-0.3, -0.25) is 9.59 Å². The van der Waals surface area contributed by atoms with Gasteiger partial charge in [-0.25, -0.2) is 0 Å². The zero-order valence-electron chi connectivity index (χ0n) is 17.0. The van der Waals surface area contributed by atoms with E-state index in [0.717, 1.165) is 56.9 Å². The Labute approximate surface area is 184 Å². The highest BCUT2D eigenvalue weighted by atomic mass is 35.5. The van der Waals surface area contributed by atoms with Gasteiger partial charge in [-0.2, -0.15) is 0 Å². The lowest BCUT2D eigenvalue weighted by molar-refractivity contribution is -0.143. The van der Waals surface area contributed by atoms with Crippen molar-refractivity contribution in [1.82, 2.24) is 10.2 Å². The largest absolute Gasteiger partial charge is 0.351 e. The summed E-state index contributed by atoms with van der Waals surface area (Å²) in [5.41, 5.74) is 0.796. The van der Waals surface area contributed by atoms with Crippen molar-refractivity contribution < 1.29 is 9.59 Å². The monoisotopic (exact) mass is 438 g/mol. The summed E-state index contributed by atoms with van der Waals surface area (Å²) in [4.78, 5) is 28.2. The Balaban J connectivity index is 1.90. The van der Waals surface area contributed by atoms with Crippen molar-refractivity contribution >= 4 is 35.0 Å². The van der Waals surface area contributed by atoms with E-state index in [1.165, 1.54) is 19.3 Å². The zero-order chi connectivity index (χ0) is 20.6. The van der Waals surface area contributed by atoms with Crippen molar-refractivity contribution in [3.63, 3.8) is 0 Å². The van der Waals surface area contributed by atoms with Crippen molar-refractivity contribution in [1.29, 1.82) is 0 Å². The molecule has 0 saturated heterocycles. The smallest absolute Gasteiger partial charge is 0.247 e. The maximum Gasteiger partial charge on any atom is 0.247 e. The van der Waals surface area contributed by atoms with Gasteiger partial charge in [0.2, 0.25) is 11.8 Å². The van der Waals surface area contributed by atoms with E-state index in [9.17, 15) is 9.59 Å². The lowest BCUT2D eigenvalue weighted by atomic mass is 9.91. The number of amides is 2. The predicted octanol–water partition coefficient (Wildman–Crippen LogP) is 5.62. The summed E-state index contributed by atoms with van der Waals surface area (Å²) >= 11 is 12.1. The quantitative estimate of drug-likeness (QED) is 0.462. The molecule has 0 aliphatic heterocycles. The number of benzene rings is 1. The second kappa shape index (κ2) is 11.2. The van der Waals surface area contributed by atoms with Gasteiger partial charge in [0, 0.05) is 17.1 Å². The van der Waals surface area contributed by atoms with E-state index in [2.05, 4.69) is 5.32 Å². The van der Waals surface area contributed by atoms with Crippen LogP contribution in [0.1, 0.15) is 82.2 Å². The molecule has 0 unspecified atom stereocenters. The van der Waals surface area contributed by atoms with Crippen molar-refractivity contribution in [3.8, 4) is 0 Å². The highest BCUT2D eigenvalue weighted by molar-refractivity contribution is 6.30. The first kappa shape index (κ1) is 22.4. The van der Waals surface area contributed by atoms with E-state index >= 15 is 0 Å². The van der Waals surface area contributed by atoms with Crippen LogP contribution in [-0.4, -0.2) is 34.7 Å². The third-order valence-electron chi connectivity index (χ3n) is 6.28. The SMILES string of the molecule is O=C(NC1CCCCCC1)[C@@H](c1ccc(Cl)cc1)N(C(=O)CCl)C1CCCCC1. The van der Waals surface area contributed by atoms with Crippen LogP contribution < -0.4 is 5.32 Å². The van der Waals surface area contributed by atoms with Gasteiger partial charge in [0.1, 0.15) is 11.9 Å². The van der Waals surface area contributed by atoms with Crippen LogP contribution in [0.25, 0.3) is 0 Å². The first-order chi connectivity index (χ1) is 14.1. The summed E-state index contributed by atoms with van der Waals surface area (Å²) in [6.45, 7) is 0. The second-order valence-electron chi connectivity index (χ2n) is 8.38. The van der Waals surface area contributed by atoms with Crippen LogP contribution in [0.5, 0.6) is 0 Å². The molecule has 1 aromatic rings. The molecule has 160 valence electrons. The maximum absolute atomic E-state index is 13.5. The lowest BCUT2D eigenvalue weighted by Crippen LogP contribution is -2.51. The van der Waals surface area contributed by atoms with Gasteiger partial charge in [0.15, 0.2) is 0 Å². The molecule has 0 radical (unpaired) electrons. The Morgan fingerprint density at radius 1 is 0.931 bits per heavy atom. The Bertz CT molecular complexity index is 666. The third kappa shape index (κ3) is 6.11. The zero-order valence-corrected chi connectivity index (χ0v) is 18.6. The van der Waals surface area contributed by atoms with Crippen LogP contribution in [0.2, 0.25) is 5.02 Å². The highest BCUT2D eigenvalue weighted by Crippen LogP contribution is 2.32. The Hall–Kier alpha value is -1.26. The average molecular weight is 439 g/mol. The minimum absolute atomic E-state index is 0.0514. The Morgan fingerprint density at radius 3 is 2.07 bits per heavy atom. The molecule has 0 aromatic heterocycles. The molecule has 6 heteroatoms. The molecule has 29 heavy (non-hydrogen) atoms. The lowest BCUT2D eigenvalue weighted by Gasteiger charge is -2.39. The molecule has 3 rings (SSSR count). The van der Waals surface area contributed by atoms with E-state index in [1.807, 2.05) is 12.1 Å². The number of alkyl halides is 1. The molecular formula is C23H32Cl2N2O2. The van der Waals surface area contributed by atoms with Crippen molar-refractivity contribution in [3.05, 3.63) is 34.9 Å².